The highest BCUT2D eigenvalue weighted by Crippen LogP contribution is 2.18. The Morgan fingerprint density at radius 1 is 1.35 bits per heavy atom. The van der Waals surface area contributed by atoms with Crippen molar-refractivity contribution in [2.45, 2.75) is 45.7 Å². The molecule has 0 aromatic rings. The second-order valence-corrected chi connectivity index (χ2v) is 7.82. The summed E-state index contributed by atoms with van der Waals surface area (Å²) in [6, 6.07) is -1.04. The topological polar surface area (TPSA) is 83.6 Å². The zero-order valence-electron chi connectivity index (χ0n) is 12.5. The van der Waals surface area contributed by atoms with Gasteiger partial charge in [-0.2, -0.15) is 0 Å². The van der Waals surface area contributed by atoms with Crippen molar-refractivity contribution < 1.29 is 18.0 Å². The summed E-state index contributed by atoms with van der Waals surface area (Å²) in [5.74, 6) is -0.190. The number of hydrogen-bond donors (Lipinski definition) is 1. The van der Waals surface area contributed by atoms with E-state index in [1.165, 1.54) is 11.2 Å². The van der Waals surface area contributed by atoms with Gasteiger partial charge in [-0.15, -0.1) is 0 Å². The molecule has 1 heterocycles. The number of sulfone groups is 1. The Balaban J connectivity index is 2.75. The van der Waals surface area contributed by atoms with Crippen LogP contribution in [0.3, 0.4) is 0 Å². The summed E-state index contributed by atoms with van der Waals surface area (Å²) in [6.45, 7) is 5.86. The molecule has 6 nitrogen and oxygen atoms in total. The van der Waals surface area contributed by atoms with E-state index in [2.05, 4.69) is 5.32 Å². The maximum absolute atomic E-state index is 12.4. The molecule has 20 heavy (non-hydrogen) atoms. The van der Waals surface area contributed by atoms with Crippen LogP contribution >= 0.6 is 0 Å². The molecular formula is C13H24N2O4S. The van der Waals surface area contributed by atoms with Crippen molar-refractivity contribution in [2.24, 2.45) is 5.92 Å². The molecule has 2 amide bonds. The highest BCUT2D eigenvalue weighted by molar-refractivity contribution is 7.90. The van der Waals surface area contributed by atoms with Gasteiger partial charge in [-0.05, 0) is 19.3 Å². The van der Waals surface area contributed by atoms with Crippen molar-refractivity contribution >= 4 is 21.7 Å². The van der Waals surface area contributed by atoms with Crippen LogP contribution < -0.4 is 5.32 Å². The van der Waals surface area contributed by atoms with Gasteiger partial charge >= 0.3 is 0 Å². The Morgan fingerprint density at radius 3 is 2.45 bits per heavy atom. The maximum Gasteiger partial charge on any atom is 0.246 e. The van der Waals surface area contributed by atoms with E-state index >= 15 is 0 Å². The average molecular weight is 304 g/mol. The Kier molecular flexibility index (Phi) is 5.56. The molecule has 3 unspecified atom stereocenters. The summed E-state index contributed by atoms with van der Waals surface area (Å²) < 4.78 is 22.3. The molecule has 3 atom stereocenters. The molecule has 1 fully saturated rings. The number of rotatable bonds is 6. The summed E-state index contributed by atoms with van der Waals surface area (Å²) >= 11 is 0. The van der Waals surface area contributed by atoms with Crippen molar-refractivity contribution in [2.75, 3.05) is 18.6 Å². The van der Waals surface area contributed by atoms with Crippen LogP contribution in [0.1, 0.15) is 33.6 Å². The van der Waals surface area contributed by atoms with Crippen LogP contribution in [-0.4, -0.2) is 55.8 Å². The quantitative estimate of drug-likeness (QED) is 0.759. The normalized spacial score (nSPS) is 25.5. The van der Waals surface area contributed by atoms with Gasteiger partial charge in [0.25, 0.3) is 0 Å². The van der Waals surface area contributed by atoms with Gasteiger partial charge in [0.05, 0.1) is 5.75 Å². The third-order valence-electron chi connectivity index (χ3n) is 3.82. The van der Waals surface area contributed by atoms with Crippen LogP contribution in [0, 0.1) is 5.92 Å². The number of nitrogens with one attached hydrogen (secondary N) is 1. The predicted molar refractivity (Wildman–Crippen MR) is 76.9 cm³/mol. The van der Waals surface area contributed by atoms with E-state index in [1.54, 1.807) is 6.92 Å². The SMILES string of the molecule is CCC(C)C1NC(=O)C(C)N(CCCS(C)(=O)=O)C1=O. The molecule has 0 radical (unpaired) electrons. The fraction of sp³-hybridized carbons (Fsp3) is 0.846. The number of piperazine rings is 1. The highest BCUT2D eigenvalue weighted by atomic mass is 32.2. The summed E-state index contributed by atoms with van der Waals surface area (Å²) in [4.78, 5) is 25.8. The predicted octanol–water partition coefficient (Wildman–Crippen LogP) is 0.183. The van der Waals surface area contributed by atoms with E-state index < -0.39 is 21.9 Å². The molecule has 0 aliphatic carbocycles. The van der Waals surface area contributed by atoms with Gasteiger partial charge in [0, 0.05) is 12.8 Å². The van der Waals surface area contributed by atoms with Crippen LogP contribution in [0.4, 0.5) is 0 Å². The lowest BCUT2D eigenvalue weighted by atomic mass is 9.94. The largest absolute Gasteiger partial charge is 0.342 e. The fourth-order valence-electron chi connectivity index (χ4n) is 2.27. The molecule has 1 saturated heterocycles. The Morgan fingerprint density at radius 2 is 1.95 bits per heavy atom. The second kappa shape index (κ2) is 6.56. The Labute approximate surface area is 120 Å². The third-order valence-corrected chi connectivity index (χ3v) is 4.85. The minimum atomic E-state index is -3.05. The van der Waals surface area contributed by atoms with Crippen molar-refractivity contribution in [1.82, 2.24) is 10.2 Å². The van der Waals surface area contributed by atoms with Crippen LogP contribution in [-0.2, 0) is 19.4 Å². The van der Waals surface area contributed by atoms with Crippen LogP contribution in [0.15, 0.2) is 0 Å². The smallest absolute Gasteiger partial charge is 0.246 e. The standard InChI is InChI=1S/C13H24N2O4S/c1-5-9(2)11-13(17)15(10(3)12(16)14-11)7-6-8-20(4,18)19/h9-11H,5-8H2,1-4H3,(H,14,16). The molecule has 0 bridgehead atoms. The van der Waals surface area contributed by atoms with Crippen molar-refractivity contribution in [3.8, 4) is 0 Å². The molecule has 0 saturated carbocycles. The fourth-order valence-corrected chi connectivity index (χ4v) is 2.92. The van der Waals surface area contributed by atoms with Gasteiger partial charge in [0.1, 0.15) is 21.9 Å². The number of amides is 2. The number of nitrogens with zero attached hydrogens (tertiary/aromatic N) is 1. The van der Waals surface area contributed by atoms with E-state index in [9.17, 15) is 18.0 Å². The highest BCUT2D eigenvalue weighted by Gasteiger charge is 2.39. The van der Waals surface area contributed by atoms with Gasteiger partial charge in [-0.3, -0.25) is 9.59 Å². The Bertz CT molecular complexity index is 475. The summed E-state index contributed by atoms with van der Waals surface area (Å²) in [5, 5.41) is 2.75. The molecule has 1 rings (SSSR count). The lowest BCUT2D eigenvalue weighted by molar-refractivity contribution is -0.150. The van der Waals surface area contributed by atoms with Crippen LogP contribution in [0.5, 0.6) is 0 Å². The first-order chi connectivity index (χ1) is 9.17. The maximum atomic E-state index is 12.4. The van der Waals surface area contributed by atoms with Crippen LogP contribution in [0.2, 0.25) is 0 Å². The molecular weight excluding hydrogens is 280 g/mol. The van der Waals surface area contributed by atoms with Crippen LogP contribution in [0.25, 0.3) is 0 Å². The van der Waals surface area contributed by atoms with Crippen molar-refractivity contribution in [1.29, 1.82) is 0 Å². The lowest BCUT2D eigenvalue weighted by Gasteiger charge is -2.39. The van der Waals surface area contributed by atoms with Gasteiger partial charge < -0.3 is 10.2 Å². The van der Waals surface area contributed by atoms with Gasteiger partial charge in [0.15, 0.2) is 0 Å². The molecule has 7 heteroatoms. The van der Waals surface area contributed by atoms with E-state index in [1.807, 2.05) is 13.8 Å². The summed E-state index contributed by atoms with van der Waals surface area (Å²) in [7, 11) is -3.05. The zero-order valence-corrected chi connectivity index (χ0v) is 13.4. The number of hydrogen-bond acceptors (Lipinski definition) is 4. The summed E-state index contributed by atoms with van der Waals surface area (Å²) in [6.07, 6.45) is 2.32. The number of carbonyl (C=O) groups excluding carboxylic acids is 2. The Hall–Kier alpha value is -1.11. The minimum Gasteiger partial charge on any atom is -0.342 e. The molecule has 1 aliphatic heterocycles. The van der Waals surface area contributed by atoms with E-state index in [4.69, 9.17) is 0 Å². The molecule has 116 valence electrons. The van der Waals surface area contributed by atoms with Crippen molar-refractivity contribution in [3.05, 3.63) is 0 Å². The van der Waals surface area contributed by atoms with Crippen molar-refractivity contribution in [3.63, 3.8) is 0 Å². The van der Waals surface area contributed by atoms with Gasteiger partial charge in [-0.1, -0.05) is 20.3 Å². The minimum absolute atomic E-state index is 0.0269. The molecule has 1 N–H and O–H groups in total. The molecule has 1 aliphatic rings. The third kappa shape index (κ3) is 4.19. The van der Waals surface area contributed by atoms with E-state index in [0.717, 1.165) is 6.42 Å². The molecule has 0 spiro atoms. The number of carbonyl (C=O) groups is 2. The zero-order chi connectivity index (χ0) is 15.5. The monoisotopic (exact) mass is 304 g/mol. The average Bonchev–Trinajstić information content (AvgIpc) is 2.35. The first kappa shape index (κ1) is 16.9. The molecule has 0 aromatic heterocycles. The first-order valence-electron chi connectivity index (χ1n) is 6.96. The van der Waals surface area contributed by atoms with E-state index in [-0.39, 0.29) is 23.5 Å². The second-order valence-electron chi connectivity index (χ2n) is 5.56. The lowest BCUT2D eigenvalue weighted by Crippen LogP contribution is -2.64. The van der Waals surface area contributed by atoms with E-state index in [0.29, 0.717) is 13.0 Å². The molecule has 0 aromatic carbocycles. The van der Waals surface area contributed by atoms with Gasteiger partial charge in [0.2, 0.25) is 11.8 Å². The first-order valence-corrected chi connectivity index (χ1v) is 9.02. The van der Waals surface area contributed by atoms with Gasteiger partial charge in [-0.25, -0.2) is 8.42 Å². The summed E-state index contributed by atoms with van der Waals surface area (Å²) in [5.41, 5.74) is 0.